The average molecular weight is 787 g/mol. The molecule has 6 heterocycles. The summed E-state index contributed by atoms with van der Waals surface area (Å²) >= 11 is 0.914. The minimum Gasteiger partial charge on any atom is -0.462 e. The molecule has 0 aliphatic carbocycles. The van der Waals surface area contributed by atoms with Crippen LogP contribution < -0.4 is 15.0 Å². The Hall–Kier alpha value is -5.35. The minimum atomic E-state index is -0.883. The molecule has 292 valence electrons. The number of ether oxygens (including phenoxy) is 2. The predicted octanol–water partition coefficient (Wildman–Crippen LogP) is 7.59. The van der Waals surface area contributed by atoms with Crippen LogP contribution in [0, 0.1) is 11.6 Å². The van der Waals surface area contributed by atoms with Gasteiger partial charge in [-0.2, -0.15) is 9.97 Å². The van der Waals surface area contributed by atoms with E-state index in [9.17, 15) is 9.59 Å². The zero-order valence-corrected chi connectivity index (χ0v) is 32.2. The molecule has 3 atom stereocenters. The Balaban J connectivity index is 1.15. The summed E-state index contributed by atoms with van der Waals surface area (Å²) in [4.78, 5) is 49.7. The van der Waals surface area contributed by atoms with Crippen molar-refractivity contribution >= 4 is 61.5 Å². The van der Waals surface area contributed by atoms with E-state index in [1.165, 1.54) is 18.3 Å². The Morgan fingerprint density at radius 3 is 2.45 bits per heavy atom. The van der Waals surface area contributed by atoms with Crippen LogP contribution in [0.3, 0.4) is 0 Å². The molecule has 3 aromatic heterocycles. The highest BCUT2D eigenvalue weighted by atomic mass is 32.1. The van der Waals surface area contributed by atoms with Gasteiger partial charge >= 0.3 is 12.1 Å². The second-order valence-electron chi connectivity index (χ2n) is 15.4. The number of nitrogens with zero attached hydrogens (tertiary/aromatic N) is 7. The van der Waals surface area contributed by atoms with Crippen LogP contribution in [-0.4, -0.2) is 98.8 Å². The molecule has 2 bridgehead atoms. The highest BCUT2D eigenvalue weighted by Gasteiger charge is 2.44. The molecule has 1 N–H and O–H groups in total. The Labute approximate surface area is 325 Å². The van der Waals surface area contributed by atoms with Crippen LogP contribution in [0.15, 0.2) is 54.5 Å². The van der Waals surface area contributed by atoms with Crippen LogP contribution in [-0.2, 0) is 9.53 Å². The van der Waals surface area contributed by atoms with Crippen molar-refractivity contribution < 1.29 is 32.2 Å². The van der Waals surface area contributed by atoms with Gasteiger partial charge in [0.15, 0.2) is 16.8 Å². The number of pyridine rings is 1. The Kier molecular flexibility index (Phi) is 10.0. The van der Waals surface area contributed by atoms with E-state index in [-0.39, 0.29) is 50.6 Å². The van der Waals surface area contributed by atoms with Gasteiger partial charge < -0.3 is 24.2 Å². The van der Waals surface area contributed by atoms with Gasteiger partial charge in [0.2, 0.25) is 0 Å². The number of nitrogens with one attached hydrogen (secondary N) is 1. The van der Waals surface area contributed by atoms with Crippen molar-refractivity contribution in [3.63, 3.8) is 0 Å². The number of halogens is 3. The molecule has 0 unspecified atom stereocenters. The average Bonchev–Trinajstić information content (AvgIpc) is 3.85. The van der Waals surface area contributed by atoms with Crippen LogP contribution in [0.2, 0.25) is 0 Å². The maximum absolute atomic E-state index is 17.0. The number of anilines is 2. The maximum Gasteiger partial charge on any atom is 0.413 e. The minimum absolute atomic E-state index is 0.000741. The number of fused-ring (bicyclic) bond motifs is 4. The summed E-state index contributed by atoms with van der Waals surface area (Å²) in [5, 5.41) is 3.07. The normalized spacial score (nSPS) is 20.3. The van der Waals surface area contributed by atoms with Crippen molar-refractivity contribution in [1.29, 1.82) is 0 Å². The molecule has 56 heavy (non-hydrogen) atoms. The van der Waals surface area contributed by atoms with Gasteiger partial charge in [-0.1, -0.05) is 23.5 Å². The molecule has 16 heteroatoms. The molecular weight excluding hydrogens is 746 g/mol. The maximum atomic E-state index is 17.0. The Morgan fingerprint density at radius 2 is 1.75 bits per heavy atom. The standard InChI is InChI=1S/C40H41F3N8O4S/c1-40(2,3)55-39(53)48-38-46-33-27(14-15-29(41)34(33)56-38)26-12-13-28-32(31(26)43)45-37(54-21-25-9-7-17-49(25)4)47-35(28)50-19-23-10-11-24(20-50)51(23)36(52)30(42)18-22-8-5-6-16-44-22/h5-6,8,12-16,18,23-25H,7,9-11,17,19-21H2,1-4H3,(H,46,48,53)/b30-18-/t23-,24+,25-/m0/s1. The lowest BCUT2D eigenvalue weighted by atomic mass is 10.0. The van der Waals surface area contributed by atoms with Crippen molar-refractivity contribution in [2.45, 2.75) is 70.2 Å². The van der Waals surface area contributed by atoms with Crippen LogP contribution in [0.25, 0.3) is 38.3 Å². The fourth-order valence-electron chi connectivity index (χ4n) is 7.82. The van der Waals surface area contributed by atoms with Gasteiger partial charge in [-0.05, 0) is 90.4 Å². The monoisotopic (exact) mass is 786 g/mol. The summed E-state index contributed by atoms with van der Waals surface area (Å²) < 4.78 is 59.1. The van der Waals surface area contributed by atoms with Gasteiger partial charge in [-0.25, -0.2) is 22.9 Å². The first-order valence-electron chi connectivity index (χ1n) is 18.6. The number of likely N-dealkylation sites (tertiary alicyclic amines) is 1. The summed E-state index contributed by atoms with van der Waals surface area (Å²) in [6.07, 6.45) is 5.25. The van der Waals surface area contributed by atoms with E-state index in [0.717, 1.165) is 36.8 Å². The number of thiazole rings is 1. The fourth-order valence-corrected chi connectivity index (χ4v) is 8.70. The van der Waals surface area contributed by atoms with Gasteiger partial charge in [0.05, 0.1) is 28.0 Å². The fraction of sp³-hybridized carbons (Fsp3) is 0.400. The molecule has 2 aromatic carbocycles. The molecule has 5 aromatic rings. The van der Waals surface area contributed by atoms with Gasteiger partial charge in [-0.15, -0.1) is 0 Å². The van der Waals surface area contributed by atoms with E-state index in [0.29, 0.717) is 55.0 Å². The topological polar surface area (TPSA) is 126 Å². The molecule has 12 nitrogen and oxygen atoms in total. The number of rotatable bonds is 8. The first-order chi connectivity index (χ1) is 26.8. The number of hydrogen-bond donors (Lipinski definition) is 1. The molecule has 3 fully saturated rings. The first kappa shape index (κ1) is 37.6. The zero-order valence-electron chi connectivity index (χ0n) is 31.4. The van der Waals surface area contributed by atoms with Crippen LogP contribution >= 0.6 is 11.3 Å². The Morgan fingerprint density at radius 1 is 0.982 bits per heavy atom. The third kappa shape index (κ3) is 7.46. The van der Waals surface area contributed by atoms with E-state index >= 15 is 13.2 Å². The molecule has 2 amide bonds. The number of benzene rings is 2. The second-order valence-corrected chi connectivity index (χ2v) is 16.4. The van der Waals surface area contributed by atoms with Gasteiger partial charge in [0, 0.05) is 47.9 Å². The highest BCUT2D eigenvalue weighted by molar-refractivity contribution is 7.22. The van der Waals surface area contributed by atoms with Crippen molar-refractivity contribution in [2.75, 3.05) is 43.5 Å². The molecule has 0 radical (unpaired) electrons. The third-order valence-corrected chi connectivity index (χ3v) is 11.4. The van der Waals surface area contributed by atoms with E-state index in [1.54, 1.807) is 56.0 Å². The van der Waals surface area contributed by atoms with Gasteiger partial charge in [-0.3, -0.25) is 15.1 Å². The lowest BCUT2D eigenvalue weighted by molar-refractivity contribution is -0.131. The summed E-state index contributed by atoms with van der Waals surface area (Å²) in [5.74, 6) is -2.39. The summed E-state index contributed by atoms with van der Waals surface area (Å²) in [7, 11) is 2.03. The zero-order chi connectivity index (χ0) is 39.3. The molecular formula is C40H41F3N8O4S. The van der Waals surface area contributed by atoms with Gasteiger partial charge in [0.1, 0.15) is 29.4 Å². The lowest BCUT2D eigenvalue weighted by Crippen LogP contribution is -2.56. The molecule has 3 aliphatic heterocycles. The number of likely N-dealkylation sites (N-methyl/N-ethyl adjacent to an activating group) is 1. The van der Waals surface area contributed by atoms with E-state index in [2.05, 4.69) is 25.2 Å². The van der Waals surface area contributed by atoms with Crippen molar-refractivity contribution in [2.24, 2.45) is 0 Å². The van der Waals surface area contributed by atoms with Crippen LogP contribution in [0.4, 0.5) is 28.9 Å². The van der Waals surface area contributed by atoms with E-state index in [1.807, 2.05) is 11.9 Å². The number of carbonyl (C=O) groups excluding carboxylic acids is 2. The van der Waals surface area contributed by atoms with Crippen molar-refractivity contribution in [3.8, 4) is 17.1 Å². The number of aromatic nitrogens is 4. The molecule has 0 spiro atoms. The van der Waals surface area contributed by atoms with Crippen LogP contribution in [0.5, 0.6) is 6.01 Å². The number of amides is 2. The van der Waals surface area contributed by atoms with E-state index in [4.69, 9.17) is 14.5 Å². The van der Waals surface area contributed by atoms with E-state index < -0.39 is 35.1 Å². The summed E-state index contributed by atoms with van der Waals surface area (Å²) in [6.45, 7) is 7.09. The van der Waals surface area contributed by atoms with Crippen LogP contribution in [0.1, 0.15) is 52.1 Å². The SMILES string of the molecule is CN1CCC[C@H]1COc1nc(N2C[C@H]3CC[C@@H](C2)N3C(=O)/C(F)=C/c2ccccn2)c2ccc(-c3ccc(F)c4sc(NC(=O)OC(C)(C)C)nc34)c(F)c2n1. The molecule has 0 saturated carbocycles. The van der Waals surface area contributed by atoms with Crippen molar-refractivity contribution in [3.05, 3.63) is 71.8 Å². The number of hydrogen-bond acceptors (Lipinski definition) is 11. The largest absolute Gasteiger partial charge is 0.462 e. The smallest absolute Gasteiger partial charge is 0.413 e. The third-order valence-electron chi connectivity index (χ3n) is 10.4. The molecule has 3 saturated heterocycles. The quantitative estimate of drug-likeness (QED) is 0.157. The first-order valence-corrected chi connectivity index (χ1v) is 19.4. The molecule has 3 aliphatic rings. The molecule has 8 rings (SSSR count). The summed E-state index contributed by atoms with van der Waals surface area (Å²) in [6, 6.07) is 10.6. The van der Waals surface area contributed by atoms with Crippen molar-refractivity contribution in [1.82, 2.24) is 29.7 Å². The predicted molar refractivity (Wildman–Crippen MR) is 208 cm³/mol. The number of piperazine rings is 1. The Bertz CT molecular complexity index is 2340. The highest BCUT2D eigenvalue weighted by Crippen LogP contribution is 2.41. The number of carbonyl (C=O) groups is 2. The summed E-state index contributed by atoms with van der Waals surface area (Å²) in [5.41, 5.74) is 0.169. The second kappa shape index (κ2) is 15.0. The lowest BCUT2D eigenvalue weighted by Gasteiger charge is -2.41. The van der Waals surface area contributed by atoms with Gasteiger partial charge in [0.25, 0.3) is 5.91 Å².